The Morgan fingerprint density at radius 1 is 1.28 bits per heavy atom. The Morgan fingerprint density at radius 3 is 2.94 bits per heavy atom. The largest absolute Gasteiger partial charge is 0.473 e. The van der Waals surface area contributed by atoms with Gasteiger partial charge in [0, 0.05) is 31.7 Å². The molecule has 1 saturated heterocycles. The minimum atomic E-state index is 0.190. The molecule has 1 atom stereocenters. The summed E-state index contributed by atoms with van der Waals surface area (Å²) in [5.41, 5.74) is 1.17. The Bertz CT molecular complexity index is 416. The second-order valence-electron chi connectivity index (χ2n) is 5.24. The maximum atomic E-state index is 5.89. The smallest absolute Gasteiger partial charge is 0.220 e. The summed E-state index contributed by atoms with van der Waals surface area (Å²) in [6, 6.07) is 4.28. The van der Waals surface area contributed by atoms with Crippen molar-refractivity contribution in [1.29, 1.82) is 0 Å². The first kappa shape index (κ1) is 11.8. The molecule has 0 aliphatic carbocycles. The van der Waals surface area contributed by atoms with Gasteiger partial charge < -0.3 is 15.0 Å². The van der Waals surface area contributed by atoms with Gasteiger partial charge >= 0.3 is 0 Å². The monoisotopic (exact) mass is 247 g/mol. The number of aromatic nitrogens is 1. The Kier molecular flexibility index (Phi) is 3.37. The van der Waals surface area contributed by atoms with Crippen molar-refractivity contribution in [3.05, 3.63) is 17.7 Å². The van der Waals surface area contributed by atoms with E-state index in [1.165, 1.54) is 24.8 Å². The van der Waals surface area contributed by atoms with Crippen LogP contribution in [-0.2, 0) is 6.54 Å². The highest BCUT2D eigenvalue weighted by atomic mass is 16.5. The molecular weight excluding hydrogens is 226 g/mol. The average molecular weight is 247 g/mol. The highest BCUT2D eigenvalue weighted by Gasteiger charge is 2.18. The van der Waals surface area contributed by atoms with Crippen LogP contribution in [0.25, 0.3) is 0 Å². The second-order valence-corrected chi connectivity index (χ2v) is 5.24. The molecule has 3 heterocycles. The van der Waals surface area contributed by atoms with Gasteiger partial charge in [0.05, 0.1) is 0 Å². The predicted molar refractivity (Wildman–Crippen MR) is 72.1 cm³/mol. The quantitative estimate of drug-likeness (QED) is 0.823. The summed E-state index contributed by atoms with van der Waals surface area (Å²) in [4.78, 5) is 7.08. The lowest BCUT2D eigenvalue weighted by Crippen LogP contribution is -2.30. The van der Waals surface area contributed by atoms with E-state index in [0.29, 0.717) is 0 Å². The van der Waals surface area contributed by atoms with Crippen LogP contribution in [0.2, 0.25) is 0 Å². The van der Waals surface area contributed by atoms with E-state index in [1.807, 2.05) is 0 Å². The molecule has 18 heavy (non-hydrogen) atoms. The van der Waals surface area contributed by atoms with Crippen LogP contribution in [-0.4, -0.2) is 30.7 Å². The summed E-state index contributed by atoms with van der Waals surface area (Å²) in [6.07, 6.45) is 4.09. The number of pyridine rings is 1. The summed E-state index contributed by atoms with van der Waals surface area (Å²) in [5, 5.41) is 3.37. The van der Waals surface area contributed by atoms with Crippen molar-refractivity contribution in [3.63, 3.8) is 0 Å². The number of nitrogens with zero attached hydrogens (tertiary/aromatic N) is 2. The molecule has 4 nitrogen and oxygen atoms in total. The van der Waals surface area contributed by atoms with Gasteiger partial charge in [-0.05, 0) is 38.3 Å². The molecule has 0 radical (unpaired) electrons. The number of piperidine rings is 1. The first-order chi connectivity index (χ1) is 8.83. The minimum Gasteiger partial charge on any atom is -0.473 e. The number of hydrogen-bond donors (Lipinski definition) is 1. The highest BCUT2D eigenvalue weighted by molar-refractivity contribution is 5.44. The van der Waals surface area contributed by atoms with Crippen molar-refractivity contribution in [2.45, 2.75) is 38.8 Å². The van der Waals surface area contributed by atoms with Gasteiger partial charge in [-0.3, -0.25) is 0 Å². The van der Waals surface area contributed by atoms with Gasteiger partial charge in [-0.15, -0.1) is 0 Å². The van der Waals surface area contributed by atoms with Gasteiger partial charge in [-0.25, -0.2) is 0 Å². The molecule has 0 bridgehead atoms. The summed E-state index contributed by atoms with van der Waals surface area (Å²) in [6.45, 7) is 6.07. The third kappa shape index (κ3) is 2.43. The molecule has 0 saturated carbocycles. The summed E-state index contributed by atoms with van der Waals surface area (Å²) >= 11 is 0. The molecular formula is C14H21N3O. The van der Waals surface area contributed by atoms with Crippen LogP contribution in [0.1, 0.15) is 31.7 Å². The van der Waals surface area contributed by atoms with Gasteiger partial charge in [0.1, 0.15) is 11.9 Å². The molecule has 1 aromatic heterocycles. The molecule has 1 unspecified atom stereocenters. The molecule has 1 N–H and O–H groups in total. The van der Waals surface area contributed by atoms with E-state index < -0.39 is 0 Å². The third-order valence-corrected chi connectivity index (χ3v) is 3.66. The summed E-state index contributed by atoms with van der Waals surface area (Å²) < 4.78 is 5.89. The standard InChI is InChI=1S/C14H21N3O/c1-11-9-15-10-12-5-6-13(16-14(12)18-11)17-7-3-2-4-8-17/h5-6,11,15H,2-4,7-10H2,1H3. The van der Waals surface area contributed by atoms with Crippen LogP contribution in [0.15, 0.2) is 12.1 Å². The lowest BCUT2D eigenvalue weighted by atomic mass is 10.1. The Labute approximate surface area is 108 Å². The van der Waals surface area contributed by atoms with E-state index in [9.17, 15) is 0 Å². The molecule has 0 aromatic carbocycles. The first-order valence-corrected chi connectivity index (χ1v) is 6.95. The zero-order valence-corrected chi connectivity index (χ0v) is 11.0. The SMILES string of the molecule is CC1CNCc2ccc(N3CCCCC3)nc2O1. The number of ether oxygens (including phenoxy) is 1. The molecule has 1 fully saturated rings. The molecule has 4 heteroatoms. The van der Waals surface area contributed by atoms with Crippen LogP contribution in [0, 0.1) is 0 Å². The number of nitrogens with one attached hydrogen (secondary N) is 1. The van der Waals surface area contributed by atoms with Gasteiger partial charge in [0.15, 0.2) is 0 Å². The van der Waals surface area contributed by atoms with Gasteiger partial charge in [-0.1, -0.05) is 0 Å². The topological polar surface area (TPSA) is 37.4 Å². The second kappa shape index (κ2) is 5.14. The summed E-state index contributed by atoms with van der Waals surface area (Å²) in [7, 11) is 0. The fraction of sp³-hybridized carbons (Fsp3) is 0.643. The van der Waals surface area contributed by atoms with E-state index in [2.05, 4.69) is 29.3 Å². The molecule has 0 amide bonds. The van der Waals surface area contributed by atoms with Crippen LogP contribution in [0.5, 0.6) is 5.88 Å². The van der Waals surface area contributed by atoms with Gasteiger partial charge in [0.25, 0.3) is 0 Å². The lowest BCUT2D eigenvalue weighted by Gasteiger charge is -2.28. The van der Waals surface area contributed by atoms with Crippen LogP contribution < -0.4 is 15.0 Å². The molecule has 3 rings (SSSR count). The number of hydrogen-bond acceptors (Lipinski definition) is 4. The molecule has 2 aliphatic heterocycles. The zero-order valence-electron chi connectivity index (χ0n) is 11.0. The predicted octanol–water partition coefficient (Wildman–Crippen LogP) is 1.94. The Hall–Kier alpha value is -1.29. The number of fused-ring (bicyclic) bond motifs is 1. The van der Waals surface area contributed by atoms with Crippen LogP contribution in [0.4, 0.5) is 5.82 Å². The third-order valence-electron chi connectivity index (χ3n) is 3.66. The lowest BCUT2D eigenvalue weighted by molar-refractivity contribution is 0.218. The van der Waals surface area contributed by atoms with E-state index >= 15 is 0 Å². The molecule has 0 spiro atoms. The minimum absolute atomic E-state index is 0.190. The van der Waals surface area contributed by atoms with Crippen molar-refractivity contribution < 1.29 is 4.74 Å². The first-order valence-electron chi connectivity index (χ1n) is 6.95. The van der Waals surface area contributed by atoms with Crippen LogP contribution >= 0.6 is 0 Å². The van der Waals surface area contributed by atoms with E-state index in [0.717, 1.165) is 37.9 Å². The van der Waals surface area contributed by atoms with E-state index in [4.69, 9.17) is 9.72 Å². The Balaban J connectivity index is 1.84. The fourth-order valence-electron chi connectivity index (χ4n) is 2.64. The maximum absolute atomic E-state index is 5.89. The van der Waals surface area contributed by atoms with Gasteiger partial charge in [0.2, 0.25) is 5.88 Å². The van der Waals surface area contributed by atoms with Crippen LogP contribution in [0.3, 0.4) is 0 Å². The highest BCUT2D eigenvalue weighted by Crippen LogP contribution is 2.25. The number of anilines is 1. The van der Waals surface area contributed by atoms with E-state index in [-0.39, 0.29) is 6.10 Å². The zero-order chi connectivity index (χ0) is 12.4. The average Bonchev–Trinajstić information content (AvgIpc) is 2.59. The fourth-order valence-corrected chi connectivity index (χ4v) is 2.64. The maximum Gasteiger partial charge on any atom is 0.220 e. The molecule has 1 aromatic rings. The van der Waals surface area contributed by atoms with Gasteiger partial charge in [-0.2, -0.15) is 4.98 Å². The molecule has 98 valence electrons. The van der Waals surface area contributed by atoms with Crippen molar-refractivity contribution in [2.24, 2.45) is 0 Å². The number of rotatable bonds is 1. The molecule has 2 aliphatic rings. The normalized spacial score (nSPS) is 24.1. The van der Waals surface area contributed by atoms with Crippen molar-refractivity contribution in [1.82, 2.24) is 10.3 Å². The van der Waals surface area contributed by atoms with Crippen molar-refractivity contribution >= 4 is 5.82 Å². The Morgan fingerprint density at radius 2 is 2.11 bits per heavy atom. The summed E-state index contributed by atoms with van der Waals surface area (Å²) in [5.74, 6) is 1.89. The van der Waals surface area contributed by atoms with Crippen molar-refractivity contribution in [2.75, 3.05) is 24.5 Å². The van der Waals surface area contributed by atoms with Crippen molar-refractivity contribution in [3.8, 4) is 5.88 Å². The van der Waals surface area contributed by atoms with E-state index in [1.54, 1.807) is 0 Å².